The van der Waals surface area contributed by atoms with E-state index < -0.39 is 5.97 Å². The van der Waals surface area contributed by atoms with Crippen molar-refractivity contribution in [3.8, 4) is 5.69 Å². The summed E-state index contributed by atoms with van der Waals surface area (Å²) in [6.07, 6.45) is 1.59. The number of nitrogens with zero attached hydrogens (tertiary/aromatic N) is 3. The zero-order chi connectivity index (χ0) is 20.1. The van der Waals surface area contributed by atoms with Gasteiger partial charge in [-0.1, -0.05) is 20.3 Å². The van der Waals surface area contributed by atoms with E-state index in [1.165, 1.54) is 0 Å². The third-order valence-electron chi connectivity index (χ3n) is 5.02. The Labute approximate surface area is 160 Å². The highest BCUT2D eigenvalue weighted by atomic mass is 16.4. The van der Waals surface area contributed by atoms with Gasteiger partial charge in [0.05, 0.1) is 11.4 Å². The van der Waals surface area contributed by atoms with E-state index >= 15 is 0 Å². The molecule has 0 saturated carbocycles. The number of hydrogen-bond acceptors (Lipinski definition) is 3. The summed E-state index contributed by atoms with van der Waals surface area (Å²) >= 11 is 0. The van der Waals surface area contributed by atoms with Crippen LogP contribution >= 0.6 is 0 Å². The van der Waals surface area contributed by atoms with Crippen molar-refractivity contribution in [2.45, 2.75) is 47.0 Å². The first-order valence-electron chi connectivity index (χ1n) is 9.37. The van der Waals surface area contributed by atoms with E-state index in [-0.39, 0.29) is 12.3 Å². The van der Waals surface area contributed by atoms with Crippen molar-refractivity contribution in [1.29, 1.82) is 0 Å². The normalized spacial score (nSPS) is 12.0. The summed E-state index contributed by atoms with van der Waals surface area (Å²) in [5.74, 6) is -0.333. The quantitative estimate of drug-likeness (QED) is 0.769. The fourth-order valence-corrected chi connectivity index (χ4v) is 3.17. The van der Waals surface area contributed by atoms with Crippen molar-refractivity contribution in [3.05, 3.63) is 46.8 Å². The fraction of sp³-hybridized carbons (Fsp3) is 0.476. The predicted molar refractivity (Wildman–Crippen MR) is 105 cm³/mol. The molecule has 0 bridgehead atoms. The minimum Gasteiger partial charge on any atom is -0.481 e. The van der Waals surface area contributed by atoms with E-state index in [1.54, 1.807) is 4.90 Å². The van der Waals surface area contributed by atoms with Crippen LogP contribution in [0.3, 0.4) is 0 Å². The summed E-state index contributed by atoms with van der Waals surface area (Å²) in [6.45, 7) is 8.83. The molecule has 0 aliphatic rings. The predicted octanol–water partition coefficient (Wildman–Crippen LogP) is 3.62. The van der Waals surface area contributed by atoms with Crippen LogP contribution in [0.15, 0.2) is 24.3 Å². The molecule has 6 heteroatoms. The van der Waals surface area contributed by atoms with E-state index in [9.17, 15) is 9.59 Å². The first-order chi connectivity index (χ1) is 12.7. The molecule has 1 atom stereocenters. The molecule has 1 heterocycles. The van der Waals surface area contributed by atoms with Gasteiger partial charge in [0.1, 0.15) is 0 Å². The van der Waals surface area contributed by atoms with Gasteiger partial charge in [0.25, 0.3) is 5.91 Å². The smallest absolute Gasteiger partial charge is 0.303 e. The topological polar surface area (TPSA) is 75.4 Å². The maximum absolute atomic E-state index is 12.6. The molecular formula is C21H29N3O3. The van der Waals surface area contributed by atoms with Crippen molar-refractivity contribution in [2.75, 3.05) is 13.6 Å². The number of carbonyl (C=O) groups is 2. The molecule has 0 radical (unpaired) electrons. The van der Waals surface area contributed by atoms with Gasteiger partial charge >= 0.3 is 5.97 Å². The summed E-state index contributed by atoms with van der Waals surface area (Å²) in [5, 5.41) is 13.5. The zero-order valence-corrected chi connectivity index (χ0v) is 16.8. The van der Waals surface area contributed by atoms with Crippen molar-refractivity contribution >= 4 is 11.9 Å². The fourth-order valence-electron chi connectivity index (χ4n) is 3.17. The number of hydrogen-bond donors (Lipinski definition) is 1. The van der Waals surface area contributed by atoms with Crippen molar-refractivity contribution in [2.24, 2.45) is 5.92 Å². The monoisotopic (exact) mass is 371 g/mol. The van der Waals surface area contributed by atoms with Crippen LogP contribution in [0.25, 0.3) is 5.69 Å². The molecular weight excluding hydrogens is 342 g/mol. The van der Waals surface area contributed by atoms with E-state index in [1.807, 2.05) is 49.8 Å². The summed E-state index contributed by atoms with van der Waals surface area (Å²) in [5.41, 5.74) is 4.24. The molecule has 0 aliphatic heterocycles. The van der Waals surface area contributed by atoms with Crippen LogP contribution < -0.4 is 0 Å². The van der Waals surface area contributed by atoms with Gasteiger partial charge in [-0.25, -0.2) is 4.68 Å². The van der Waals surface area contributed by atoms with Crippen molar-refractivity contribution < 1.29 is 14.7 Å². The van der Waals surface area contributed by atoms with E-state index in [2.05, 4.69) is 18.9 Å². The third-order valence-corrected chi connectivity index (χ3v) is 5.02. The average molecular weight is 371 g/mol. The van der Waals surface area contributed by atoms with Gasteiger partial charge in [-0.2, -0.15) is 5.10 Å². The lowest BCUT2D eigenvalue weighted by atomic mass is 10.1. The Hall–Kier alpha value is -2.63. The molecule has 1 aromatic heterocycles. The number of carboxylic acids is 1. The van der Waals surface area contributed by atoms with Crippen molar-refractivity contribution in [3.63, 3.8) is 0 Å². The molecule has 1 unspecified atom stereocenters. The Morgan fingerprint density at radius 2 is 1.85 bits per heavy atom. The number of aryl methyl sites for hydroxylation is 1. The molecule has 0 saturated heterocycles. The van der Waals surface area contributed by atoms with Crippen LogP contribution in [0.5, 0.6) is 0 Å². The van der Waals surface area contributed by atoms with Crippen LogP contribution in [0.1, 0.15) is 54.0 Å². The number of carboxylic acid groups (broad SMARTS) is 1. The number of carbonyl (C=O) groups excluding carboxylic acids is 1. The van der Waals surface area contributed by atoms with Gasteiger partial charge < -0.3 is 10.0 Å². The number of aromatic nitrogens is 2. The molecule has 6 nitrogen and oxygen atoms in total. The third kappa shape index (κ3) is 4.96. The Kier molecular flexibility index (Phi) is 6.77. The first kappa shape index (κ1) is 20.7. The van der Waals surface area contributed by atoms with Gasteiger partial charge in [-0.3, -0.25) is 9.59 Å². The molecule has 2 aromatic rings. The lowest BCUT2D eigenvalue weighted by Crippen LogP contribution is -2.30. The van der Waals surface area contributed by atoms with E-state index in [0.717, 1.165) is 35.6 Å². The Balaban J connectivity index is 2.19. The lowest BCUT2D eigenvalue weighted by Gasteiger charge is -2.21. The summed E-state index contributed by atoms with van der Waals surface area (Å²) < 4.78 is 1.81. The van der Waals surface area contributed by atoms with Crippen LogP contribution in [-0.4, -0.2) is 45.3 Å². The summed E-state index contributed by atoms with van der Waals surface area (Å²) in [6, 6.07) is 7.39. The number of benzene rings is 1. The molecule has 1 aromatic carbocycles. The molecule has 0 aliphatic carbocycles. The molecule has 2 rings (SSSR count). The lowest BCUT2D eigenvalue weighted by molar-refractivity contribution is -0.136. The average Bonchev–Trinajstić information content (AvgIpc) is 2.93. The number of rotatable bonds is 8. The highest BCUT2D eigenvalue weighted by Gasteiger charge is 2.16. The number of amides is 1. The molecule has 0 spiro atoms. The second-order valence-electron chi connectivity index (χ2n) is 7.20. The van der Waals surface area contributed by atoms with Crippen LogP contribution in [-0.2, 0) is 11.2 Å². The largest absolute Gasteiger partial charge is 0.481 e. The molecule has 146 valence electrons. The van der Waals surface area contributed by atoms with Gasteiger partial charge in [0.2, 0.25) is 0 Å². The molecule has 1 N–H and O–H groups in total. The molecule has 27 heavy (non-hydrogen) atoms. The maximum Gasteiger partial charge on any atom is 0.303 e. The first-order valence-corrected chi connectivity index (χ1v) is 9.37. The van der Waals surface area contributed by atoms with Crippen LogP contribution in [0.2, 0.25) is 0 Å². The van der Waals surface area contributed by atoms with Gasteiger partial charge in [-0.05, 0) is 56.0 Å². The van der Waals surface area contributed by atoms with E-state index in [0.29, 0.717) is 17.9 Å². The SMILES string of the molecule is CCC(C)CN(C)C(=O)c1ccc(-n2nc(C)c(CCC(=O)O)c2C)cc1. The van der Waals surface area contributed by atoms with Crippen LogP contribution in [0, 0.1) is 19.8 Å². The van der Waals surface area contributed by atoms with Gasteiger partial charge in [0.15, 0.2) is 0 Å². The van der Waals surface area contributed by atoms with Crippen molar-refractivity contribution in [1.82, 2.24) is 14.7 Å². The highest BCUT2D eigenvalue weighted by molar-refractivity contribution is 5.94. The van der Waals surface area contributed by atoms with Gasteiger partial charge in [0, 0.05) is 31.3 Å². The van der Waals surface area contributed by atoms with E-state index in [4.69, 9.17) is 5.11 Å². The summed E-state index contributed by atoms with van der Waals surface area (Å²) in [4.78, 5) is 25.2. The second kappa shape index (κ2) is 8.84. The molecule has 0 fully saturated rings. The Morgan fingerprint density at radius 1 is 1.22 bits per heavy atom. The maximum atomic E-state index is 12.6. The minimum atomic E-state index is -0.814. The van der Waals surface area contributed by atoms with Gasteiger partial charge in [-0.15, -0.1) is 0 Å². The Morgan fingerprint density at radius 3 is 2.41 bits per heavy atom. The minimum absolute atomic E-state index is 0.0114. The highest BCUT2D eigenvalue weighted by Crippen LogP contribution is 2.20. The standard InChI is InChI=1S/C21H29N3O3/c1-6-14(2)13-23(5)21(27)17-7-9-18(10-8-17)24-16(4)19(15(3)22-24)11-12-20(25)26/h7-10,14H,6,11-13H2,1-5H3,(H,25,26). The zero-order valence-electron chi connectivity index (χ0n) is 16.8. The summed E-state index contributed by atoms with van der Waals surface area (Å²) in [7, 11) is 1.83. The second-order valence-corrected chi connectivity index (χ2v) is 7.20. The van der Waals surface area contributed by atoms with Crippen LogP contribution in [0.4, 0.5) is 0 Å². The number of aliphatic carboxylic acids is 1. The Bertz CT molecular complexity index is 809. The molecule has 1 amide bonds.